The van der Waals surface area contributed by atoms with Crippen LogP contribution < -0.4 is 17.2 Å². The third-order valence-corrected chi connectivity index (χ3v) is 6.13. The van der Waals surface area contributed by atoms with Gasteiger partial charge >= 0.3 is 5.69 Å². The number of likely N-dealkylation sites (tertiary alicyclic amines) is 1. The van der Waals surface area contributed by atoms with Crippen LogP contribution >= 0.6 is 0 Å². The highest BCUT2D eigenvalue weighted by molar-refractivity contribution is 5.36. The number of hydrogen-bond acceptors (Lipinski definition) is 5. The lowest BCUT2D eigenvalue weighted by atomic mass is 9.98. The molecule has 1 aliphatic heterocycles. The molecule has 4 atom stereocenters. The molecule has 2 aliphatic rings. The van der Waals surface area contributed by atoms with E-state index in [-0.39, 0.29) is 11.5 Å². The van der Waals surface area contributed by atoms with E-state index in [1.54, 1.807) is 12.3 Å². The summed E-state index contributed by atoms with van der Waals surface area (Å²) in [5.41, 5.74) is 13.5. The topological polar surface area (TPSA) is 90.2 Å². The largest absolute Gasteiger partial charge is 0.383 e. The zero-order valence-corrected chi connectivity index (χ0v) is 15.2. The van der Waals surface area contributed by atoms with E-state index in [0.29, 0.717) is 18.0 Å². The zero-order valence-electron chi connectivity index (χ0n) is 15.2. The zero-order chi connectivity index (χ0) is 18.3. The summed E-state index contributed by atoms with van der Waals surface area (Å²) < 4.78 is 1.51. The number of benzene rings is 1. The number of nitrogens with zero attached hydrogens (tertiary/aromatic N) is 3. The van der Waals surface area contributed by atoms with Gasteiger partial charge in [-0.3, -0.25) is 9.47 Å². The summed E-state index contributed by atoms with van der Waals surface area (Å²) >= 11 is 0. The minimum Gasteiger partial charge on any atom is -0.383 e. The van der Waals surface area contributed by atoms with Crippen LogP contribution in [-0.4, -0.2) is 39.6 Å². The molecular formula is C20H27N5O. The van der Waals surface area contributed by atoms with Gasteiger partial charge in [0.1, 0.15) is 5.82 Å². The van der Waals surface area contributed by atoms with Gasteiger partial charge in [-0.25, -0.2) is 4.79 Å². The van der Waals surface area contributed by atoms with Crippen molar-refractivity contribution in [2.24, 2.45) is 17.6 Å². The van der Waals surface area contributed by atoms with Gasteiger partial charge in [-0.15, -0.1) is 0 Å². The summed E-state index contributed by atoms with van der Waals surface area (Å²) in [5.74, 6) is 1.72. The van der Waals surface area contributed by atoms with E-state index in [1.807, 2.05) is 12.1 Å². The maximum absolute atomic E-state index is 12.0. The third kappa shape index (κ3) is 3.27. The first kappa shape index (κ1) is 17.2. The molecular weight excluding hydrogens is 326 g/mol. The maximum Gasteiger partial charge on any atom is 0.354 e. The van der Waals surface area contributed by atoms with Gasteiger partial charge in [-0.2, -0.15) is 4.98 Å². The van der Waals surface area contributed by atoms with Crippen molar-refractivity contribution in [3.05, 3.63) is 52.6 Å². The Hall–Kier alpha value is -2.18. The van der Waals surface area contributed by atoms with Crippen molar-refractivity contribution in [3.8, 4) is 5.69 Å². The highest BCUT2D eigenvalue weighted by Crippen LogP contribution is 2.38. The van der Waals surface area contributed by atoms with Crippen LogP contribution in [0.15, 0.2) is 41.3 Å². The highest BCUT2D eigenvalue weighted by Gasteiger charge is 2.41. The van der Waals surface area contributed by atoms with Gasteiger partial charge in [0.2, 0.25) is 0 Å². The van der Waals surface area contributed by atoms with Crippen LogP contribution in [0.2, 0.25) is 0 Å². The van der Waals surface area contributed by atoms with Crippen molar-refractivity contribution < 1.29 is 0 Å². The Bertz CT molecular complexity index is 831. The van der Waals surface area contributed by atoms with Gasteiger partial charge in [0, 0.05) is 31.4 Å². The smallest absolute Gasteiger partial charge is 0.354 e. The fraction of sp³-hybridized carbons (Fsp3) is 0.500. The summed E-state index contributed by atoms with van der Waals surface area (Å²) in [6.45, 7) is 4.62. The van der Waals surface area contributed by atoms with Gasteiger partial charge in [-0.05, 0) is 61.8 Å². The quantitative estimate of drug-likeness (QED) is 0.867. The Kier molecular flexibility index (Phi) is 4.54. The standard InChI is InChI=1S/C20H27N5O/c1-13(24-11-15-4-7-18(21)17(15)12-24)10-14-2-5-16(6-3-14)25-9-8-19(22)23-20(25)26/h2-3,5-6,8-9,13,15,17-18H,4,7,10-12,21H2,1H3,(H2,22,23,26). The van der Waals surface area contributed by atoms with Crippen molar-refractivity contribution in [2.75, 3.05) is 18.8 Å². The second-order valence-electron chi connectivity index (χ2n) is 7.84. The van der Waals surface area contributed by atoms with Gasteiger partial charge in [0.25, 0.3) is 0 Å². The van der Waals surface area contributed by atoms with E-state index in [1.165, 1.54) is 29.5 Å². The molecule has 138 valence electrons. The van der Waals surface area contributed by atoms with Crippen LogP contribution in [0.25, 0.3) is 5.69 Å². The molecule has 4 N–H and O–H groups in total. The molecule has 26 heavy (non-hydrogen) atoms. The highest BCUT2D eigenvalue weighted by atomic mass is 16.1. The molecule has 1 aromatic heterocycles. The van der Waals surface area contributed by atoms with Gasteiger partial charge in [0.15, 0.2) is 0 Å². The first-order valence-corrected chi connectivity index (χ1v) is 9.45. The number of nitrogen functional groups attached to an aromatic ring is 1. The normalized spacial score (nSPS) is 26.8. The van der Waals surface area contributed by atoms with E-state index < -0.39 is 0 Å². The summed E-state index contributed by atoms with van der Waals surface area (Å²) in [5, 5.41) is 0. The minimum atomic E-state index is -0.355. The Morgan fingerprint density at radius 1 is 1.19 bits per heavy atom. The number of nitrogens with two attached hydrogens (primary N) is 2. The molecule has 0 radical (unpaired) electrons. The molecule has 2 heterocycles. The first-order chi connectivity index (χ1) is 12.5. The van der Waals surface area contributed by atoms with Crippen LogP contribution in [0.5, 0.6) is 0 Å². The lowest BCUT2D eigenvalue weighted by Crippen LogP contribution is -2.36. The van der Waals surface area contributed by atoms with Crippen molar-refractivity contribution in [3.63, 3.8) is 0 Å². The SMILES string of the molecule is CC(Cc1ccc(-n2ccc(N)nc2=O)cc1)N1CC2CCC(N)C2C1. The molecule has 1 aromatic carbocycles. The van der Waals surface area contributed by atoms with E-state index in [4.69, 9.17) is 11.5 Å². The van der Waals surface area contributed by atoms with Crippen molar-refractivity contribution in [1.82, 2.24) is 14.5 Å². The lowest BCUT2D eigenvalue weighted by molar-refractivity contribution is 0.235. The second-order valence-corrected chi connectivity index (χ2v) is 7.84. The Morgan fingerprint density at radius 2 is 1.96 bits per heavy atom. The molecule has 1 saturated carbocycles. The molecule has 4 rings (SSSR count). The maximum atomic E-state index is 12.0. The molecule has 4 unspecified atom stereocenters. The average Bonchev–Trinajstić information content (AvgIpc) is 3.18. The molecule has 0 amide bonds. The van der Waals surface area contributed by atoms with Gasteiger partial charge in [-0.1, -0.05) is 12.1 Å². The monoisotopic (exact) mass is 353 g/mol. The molecule has 6 heteroatoms. The predicted molar refractivity (Wildman–Crippen MR) is 103 cm³/mol. The van der Waals surface area contributed by atoms with Gasteiger partial charge < -0.3 is 11.5 Å². The summed E-state index contributed by atoms with van der Waals surface area (Å²) in [7, 11) is 0. The second kappa shape index (κ2) is 6.85. The summed E-state index contributed by atoms with van der Waals surface area (Å²) in [4.78, 5) is 18.3. The molecule has 2 fully saturated rings. The molecule has 1 saturated heterocycles. The van der Waals surface area contributed by atoms with Gasteiger partial charge in [0.05, 0.1) is 5.69 Å². The van der Waals surface area contributed by atoms with E-state index in [2.05, 4.69) is 28.9 Å². The predicted octanol–water partition coefficient (Wildman–Crippen LogP) is 1.41. The molecule has 6 nitrogen and oxygen atoms in total. The number of rotatable bonds is 4. The van der Waals surface area contributed by atoms with E-state index in [9.17, 15) is 4.79 Å². The van der Waals surface area contributed by atoms with E-state index >= 15 is 0 Å². The van der Waals surface area contributed by atoms with Crippen LogP contribution in [0.1, 0.15) is 25.3 Å². The number of aromatic nitrogens is 2. The van der Waals surface area contributed by atoms with Crippen molar-refractivity contribution >= 4 is 5.82 Å². The van der Waals surface area contributed by atoms with Crippen LogP contribution in [0.4, 0.5) is 5.82 Å². The first-order valence-electron chi connectivity index (χ1n) is 9.45. The van der Waals surface area contributed by atoms with Crippen molar-refractivity contribution in [2.45, 2.75) is 38.3 Å². The Balaban J connectivity index is 1.42. The van der Waals surface area contributed by atoms with Crippen molar-refractivity contribution in [1.29, 1.82) is 0 Å². The summed E-state index contributed by atoms with van der Waals surface area (Å²) in [6, 6.07) is 10.6. The fourth-order valence-corrected chi connectivity index (χ4v) is 4.58. The Labute approximate surface area is 153 Å². The van der Waals surface area contributed by atoms with Crippen LogP contribution in [0, 0.1) is 11.8 Å². The van der Waals surface area contributed by atoms with Crippen LogP contribution in [-0.2, 0) is 6.42 Å². The fourth-order valence-electron chi connectivity index (χ4n) is 4.58. The molecule has 0 bridgehead atoms. The average molecular weight is 353 g/mol. The Morgan fingerprint density at radius 3 is 2.65 bits per heavy atom. The minimum absolute atomic E-state index is 0.242. The number of hydrogen-bond donors (Lipinski definition) is 2. The number of fused-ring (bicyclic) bond motifs is 1. The molecule has 2 aromatic rings. The third-order valence-electron chi connectivity index (χ3n) is 6.13. The van der Waals surface area contributed by atoms with Crippen LogP contribution in [0.3, 0.4) is 0 Å². The lowest BCUT2D eigenvalue weighted by Gasteiger charge is -2.26. The number of anilines is 1. The molecule has 0 spiro atoms. The van der Waals surface area contributed by atoms with E-state index in [0.717, 1.165) is 24.6 Å². The molecule has 1 aliphatic carbocycles. The summed E-state index contributed by atoms with van der Waals surface area (Å²) in [6.07, 6.45) is 5.14.